The lowest BCUT2D eigenvalue weighted by atomic mass is 9.96. The van der Waals surface area contributed by atoms with Crippen molar-refractivity contribution in [1.82, 2.24) is 20.2 Å². The summed E-state index contributed by atoms with van der Waals surface area (Å²) in [5, 5.41) is 25.3. The van der Waals surface area contributed by atoms with E-state index < -0.39 is 24.0 Å². The first-order valence-electron chi connectivity index (χ1n) is 12.9. The van der Waals surface area contributed by atoms with E-state index in [2.05, 4.69) is 10.4 Å². The van der Waals surface area contributed by atoms with E-state index in [0.29, 0.717) is 32.2 Å². The Morgan fingerprint density at radius 1 is 1.05 bits per heavy atom. The van der Waals surface area contributed by atoms with E-state index in [4.69, 9.17) is 70.2 Å². The number of aryl methyl sites for hydroxylation is 2. The summed E-state index contributed by atoms with van der Waals surface area (Å²) in [4.78, 5) is 0. The number of halogens is 4. The van der Waals surface area contributed by atoms with Gasteiger partial charge in [0.25, 0.3) is 0 Å². The molecule has 0 amide bonds. The summed E-state index contributed by atoms with van der Waals surface area (Å²) in [5.74, 6) is 0.777. The van der Waals surface area contributed by atoms with Crippen molar-refractivity contribution in [2.75, 3.05) is 6.61 Å². The SMILES string of the molecule is C[C@@]1(O)[C@H](OCc2ccc(Cl)cc2Cl)[C@@H](COCc2ccc(Cl)cc2Cl)O[C@H]1n1cc2c3c(o[nH]ncc-3n1)CC2. The molecule has 3 aliphatic heterocycles. The summed E-state index contributed by atoms with van der Waals surface area (Å²) in [5.41, 5.74) is 2.51. The zero-order valence-electron chi connectivity index (χ0n) is 21.8. The van der Waals surface area contributed by atoms with E-state index in [-0.39, 0.29) is 19.8 Å². The maximum Gasteiger partial charge on any atom is 0.181 e. The molecule has 4 aliphatic rings. The monoisotopic (exact) mass is 638 g/mol. The Hall–Kier alpha value is -2.34. The van der Waals surface area contributed by atoms with Gasteiger partial charge < -0.3 is 23.8 Å². The zero-order chi connectivity index (χ0) is 28.7. The van der Waals surface area contributed by atoms with Gasteiger partial charge in [0.05, 0.1) is 26.0 Å². The number of benzene rings is 2. The van der Waals surface area contributed by atoms with Crippen molar-refractivity contribution in [3.63, 3.8) is 0 Å². The van der Waals surface area contributed by atoms with Crippen LogP contribution in [0.5, 0.6) is 0 Å². The molecule has 2 aromatic carbocycles. The van der Waals surface area contributed by atoms with Gasteiger partial charge in [0.15, 0.2) is 6.23 Å². The van der Waals surface area contributed by atoms with Crippen LogP contribution in [0.1, 0.15) is 35.6 Å². The highest BCUT2D eigenvalue weighted by atomic mass is 35.5. The lowest BCUT2D eigenvalue weighted by Crippen LogP contribution is -2.46. The minimum Gasteiger partial charge on any atom is -0.383 e. The Bertz CT molecular complexity index is 1580. The molecule has 4 atom stereocenters. The normalized spacial score (nSPS) is 23.4. The van der Waals surface area contributed by atoms with Gasteiger partial charge in [0.2, 0.25) is 0 Å². The first-order chi connectivity index (χ1) is 19.7. The first-order valence-corrected chi connectivity index (χ1v) is 14.4. The number of nitrogens with zero attached hydrogens (tertiary/aromatic N) is 3. The highest BCUT2D eigenvalue weighted by Gasteiger charge is 2.55. The van der Waals surface area contributed by atoms with Gasteiger partial charge in [-0.15, -0.1) is 5.27 Å². The number of ether oxygens (including phenoxy) is 3. The van der Waals surface area contributed by atoms with Gasteiger partial charge >= 0.3 is 0 Å². The van der Waals surface area contributed by atoms with Crippen LogP contribution in [0.4, 0.5) is 0 Å². The maximum atomic E-state index is 11.9. The molecule has 216 valence electrons. The Labute approximate surface area is 255 Å². The fourth-order valence-electron chi connectivity index (χ4n) is 5.32. The van der Waals surface area contributed by atoms with Gasteiger partial charge in [0, 0.05) is 38.3 Å². The minimum absolute atomic E-state index is 0.111. The molecule has 41 heavy (non-hydrogen) atoms. The smallest absolute Gasteiger partial charge is 0.181 e. The highest BCUT2D eigenvalue weighted by Crippen LogP contribution is 2.42. The van der Waals surface area contributed by atoms with Crippen LogP contribution in [0.15, 0.2) is 53.3 Å². The quantitative estimate of drug-likeness (QED) is 0.224. The van der Waals surface area contributed by atoms with Crippen LogP contribution in [0, 0.1) is 0 Å². The minimum atomic E-state index is -1.51. The molecule has 0 unspecified atom stereocenters. The number of aromatic amines is 1. The molecule has 1 fully saturated rings. The van der Waals surface area contributed by atoms with Gasteiger partial charge in [-0.3, -0.25) is 0 Å². The second-order valence-electron chi connectivity index (χ2n) is 10.2. The lowest BCUT2D eigenvalue weighted by molar-refractivity contribution is -0.118. The maximum absolute atomic E-state index is 11.9. The predicted molar refractivity (Wildman–Crippen MR) is 154 cm³/mol. The predicted octanol–water partition coefficient (Wildman–Crippen LogP) is 6.59. The Morgan fingerprint density at radius 2 is 1.76 bits per heavy atom. The van der Waals surface area contributed by atoms with Crippen LogP contribution in [-0.2, 0) is 40.3 Å². The van der Waals surface area contributed by atoms with Crippen LogP contribution in [0.25, 0.3) is 11.3 Å². The third-order valence-corrected chi connectivity index (χ3v) is 8.52. The number of aliphatic hydroxyl groups is 1. The number of H-pyrrole nitrogens is 1. The fraction of sp³-hybridized carbons (Fsp3) is 0.357. The van der Waals surface area contributed by atoms with Crippen LogP contribution in [0.2, 0.25) is 20.1 Å². The van der Waals surface area contributed by atoms with E-state index >= 15 is 0 Å². The molecule has 0 spiro atoms. The first kappa shape index (κ1) is 28.8. The fourth-order valence-corrected chi connectivity index (χ4v) is 6.25. The van der Waals surface area contributed by atoms with Crippen molar-refractivity contribution in [3.05, 3.63) is 91.3 Å². The zero-order valence-corrected chi connectivity index (χ0v) is 24.8. The highest BCUT2D eigenvalue weighted by molar-refractivity contribution is 6.35. The summed E-state index contributed by atoms with van der Waals surface area (Å²) in [6, 6.07) is 10.4. The number of rotatable bonds is 8. The largest absolute Gasteiger partial charge is 0.383 e. The molecule has 1 aliphatic carbocycles. The summed E-state index contributed by atoms with van der Waals surface area (Å²) >= 11 is 24.8. The number of hydrogen-bond donors (Lipinski definition) is 2. The topological polar surface area (TPSA) is 108 Å². The third kappa shape index (κ3) is 5.83. The molecule has 9 nitrogen and oxygen atoms in total. The van der Waals surface area contributed by atoms with E-state index in [1.807, 2.05) is 6.20 Å². The molecule has 2 N–H and O–H groups in total. The molecular formula is C28H26Cl4N4O5. The lowest BCUT2D eigenvalue weighted by Gasteiger charge is -2.31. The van der Waals surface area contributed by atoms with Crippen LogP contribution < -0.4 is 0 Å². The van der Waals surface area contributed by atoms with Crippen LogP contribution in [-0.4, -0.2) is 49.7 Å². The second-order valence-corrected chi connectivity index (χ2v) is 11.9. The summed E-state index contributed by atoms with van der Waals surface area (Å²) < 4.78 is 25.9. The van der Waals surface area contributed by atoms with Gasteiger partial charge in [-0.1, -0.05) is 58.5 Å². The summed E-state index contributed by atoms with van der Waals surface area (Å²) in [6.07, 6.45) is 2.58. The van der Waals surface area contributed by atoms with Crippen LogP contribution in [0.3, 0.4) is 0 Å². The molecule has 0 radical (unpaired) electrons. The summed E-state index contributed by atoms with van der Waals surface area (Å²) in [6.45, 7) is 2.11. The Morgan fingerprint density at radius 3 is 2.46 bits per heavy atom. The van der Waals surface area contributed by atoms with Gasteiger partial charge in [0.1, 0.15) is 29.3 Å². The molecule has 0 aromatic heterocycles. The van der Waals surface area contributed by atoms with Gasteiger partial charge in [-0.2, -0.15) is 10.2 Å². The molecule has 6 rings (SSSR count). The second kappa shape index (κ2) is 11.7. The molecule has 0 bridgehead atoms. The number of aromatic nitrogens is 4. The standard InChI is InChI=1S/C28H26Cl4N4O5/c1-28(37)26(39-13-17-3-6-19(30)9-21(17)32)24(14-38-12-16-2-5-18(29)8-20(16)31)40-27(28)36-11-15-4-7-23-25(15)22(34-36)10-33-35-41-23/h2-3,5-6,8-11,24,26-27,35,37H,4,7,12-14H2,1H3/t24-,26-,27-,28-/m1/s1. The average Bonchev–Trinajstić information content (AvgIpc) is 3.35. The molecule has 0 saturated carbocycles. The van der Waals surface area contributed by atoms with E-state index in [9.17, 15) is 5.11 Å². The average molecular weight is 640 g/mol. The summed E-state index contributed by atoms with van der Waals surface area (Å²) in [7, 11) is 0. The molecule has 13 heteroatoms. The van der Waals surface area contributed by atoms with E-state index in [1.54, 1.807) is 54.2 Å². The Kier molecular flexibility index (Phi) is 8.24. The van der Waals surface area contributed by atoms with Crippen molar-refractivity contribution in [3.8, 4) is 11.3 Å². The van der Waals surface area contributed by atoms with Crippen molar-refractivity contribution in [1.29, 1.82) is 0 Å². The molecular weight excluding hydrogens is 614 g/mol. The number of hydrogen-bond acceptors (Lipinski definition) is 7. The van der Waals surface area contributed by atoms with Crippen molar-refractivity contribution in [2.24, 2.45) is 0 Å². The van der Waals surface area contributed by atoms with E-state index in [1.165, 1.54) is 0 Å². The third-order valence-electron chi connectivity index (χ3n) is 7.34. The molecule has 1 saturated heterocycles. The molecule has 2 aromatic rings. The van der Waals surface area contributed by atoms with E-state index in [0.717, 1.165) is 34.4 Å². The van der Waals surface area contributed by atoms with Crippen molar-refractivity contribution in [2.45, 2.75) is 57.0 Å². The van der Waals surface area contributed by atoms with Gasteiger partial charge in [-0.05, 0) is 54.3 Å². The number of nitrogens with one attached hydrogen (secondary N) is 1. The Balaban J connectivity index is 1.28. The van der Waals surface area contributed by atoms with Crippen molar-refractivity contribution >= 4 is 46.4 Å². The molecule has 3 heterocycles. The van der Waals surface area contributed by atoms with Gasteiger partial charge in [-0.25, -0.2) is 4.68 Å². The van der Waals surface area contributed by atoms with Crippen molar-refractivity contribution < 1.29 is 23.8 Å². The van der Waals surface area contributed by atoms with Crippen LogP contribution >= 0.6 is 46.4 Å².